The standard InChI is InChI=1S/C13H13N3O3S/c1-7-11(12(17)14-13-16-15-8(2)20-13)19-10-6-4-3-5-9(10)18-7/h3-7,11H,1-2H3,(H,14,16,17)/t7-,11+/m1/s1. The van der Waals surface area contributed by atoms with Crippen molar-refractivity contribution in [2.45, 2.75) is 26.1 Å². The van der Waals surface area contributed by atoms with E-state index in [2.05, 4.69) is 15.5 Å². The molecule has 0 saturated carbocycles. The van der Waals surface area contributed by atoms with Crippen LogP contribution in [0.15, 0.2) is 24.3 Å². The maximum atomic E-state index is 12.2. The molecule has 0 saturated heterocycles. The van der Waals surface area contributed by atoms with E-state index in [-0.39, 0.29) is 12.0 Å². The lowest BCUT2D eigenvalue weighted by atomic mass is 10.1. The Balaban J connectivity index is 1.75. The Morgan fingerprint density at radius 1 is 1.25 bits per heavy atom. The van der Waals surface area contributed by atoms with Crippen molar-refractivity contribution >= 4 is 22.4 Å². The van der Waals surface area contributed by atoms with Gasteiger partial charge in [0, 0.05) is 0 Å². The maximum Gasteiger partial charge on any atom is 0.271 e. The van der Waals surface area contributed by atoms with Gasteiger partial charge in [0.05, 0.1) is 0 Å². The third-order valence-corrected chi connectivity index (χ3v) is 3.61. The van der Waals surface area contributed by atoms with Crippen molar-refractivity contribution in [3.8, 4) is 11.5 Å². The third kappa shape index (κ3) is 2.44. The van der Waals surface area contributed by atoms with Crippen LogP contribution in [0.4, 0.5) is 5.13 Å². The van der Waals surface area contributed by atoms with Gasteiger partial charge >= 0.3 is 0 Å². The molecule has 1 N–H and O–H groups in total. The number of aryl methyl sites for hydroxylation is 1. The molecule has 2 heterocycles. The van der Waals surface area contributed by atoms with Crippen LogP contribution in [0, 0.1) is 6.92 Å². The van der Waals surface area contributed by atoms with Gasteiger partial charge in [-0.05, 0) is 26.0 Å². The molecule has 1 aliphatic heterocycles. The minimum atomic E-state index is -0.714. The van der Waals surface area contributed by atoms with Gasteiger partial charge in [-0.2, -0.15) is 0 Å². The van der Waals surface area contributed by atoms with Crippen LogP contribution in [0.25, 0.3) is 0 Å². The summed E-state index contributed by atoms with van der Waals surface area (Å²) in [6.07, 6.45) is -1.09. The smallest absolute Gasteiger partial charge is 0.271 e. The van der Waals surface area contributed by atoms with E-state index in [9.17, 15) is 4.79 Å². The Bertz CT molecular complexity index is 643. The molecule has 1 aliphatic rings. The molecule has 6 nitrogen and oxygen atoms in total. The fourth-order valence-corrected chi connectivity index (χ4v) is 2.52. The van der Waals surface area contributed by atoms with Crippen LogP contribution in [0.3, 0.4) is 0 Å². The zero-order valence-corrected chi connectivity index (χ0v) is 11.8. The van der Waals surface area contributed by atoms with Crippen LogP contribution >= 0.6 is 11.3 Å². The average Bonchev–Trinajstić information content (AvgIpc) is 2.83. The van der Waals surface area contributed by atoms with Crippen LogP contribution in [-0.4, -0.2) is 28.3 Å². The Labute approximate surface area is 119 Å². The van der Waals surface area contributed by atoms with E-state index < -0.39 is 6.10 Å². The van der Waals surface area contributed by atoms with E-state index >= 15 is 0 Å². The number of hydrogen-bond donors (Lipinski definition) is 1. The summed E-state index contributed by atoms with van der Waals surface area (Å²) in [5.41, 5.74) is 0. The van der Waals surface area contributed by atoms with E-state index in [1.807, 2.05) is 25.1 Å². The molecule has 104 valence electrons. The first-order chi connectivity index (χ1) is 9.63. The number of carbonyl (C=O) groups is 1. The number of anilines is 1. The molecule has 3 rings (SSSR count). The molecule has 1 aromatic carbocycles. The van der Waals surface area contributed by atoms with Crippen molar-refractivity contribution in [2.75, 3.05) is 5.32 Å². The summed E-state index contributed by atoms with van der Waals surface area (Å²) in [7, 11) is 0. The zero-order valence-electron chi connectivity index (χ0n) is 11.0. The molecule has 0 spiro atoms. The summed E-state index contributed by atoms with van der Waals surface area (Å²) < 4.78 is 11.4. The quantitative estimate of drug-likeness (QED) is 0.916. The Morgan fingerprint density at radius 2 is 1.95 bits per heavy atom. The number of rotatable bonds is 2. The van der Waals surface area contributed by atoms with Gasteiger partial charge < -0.3 is 9.47 Å². The Morgan fingerprint density at radius 3 is 2.60 bits per heavy atom. The van der Waals surface area contributed by atoms with Gasteiger partial charge in [-0.3, -0.25) is 10.1 Å². The molecule has 0 bridgehead atoms. The molecule has 20 heavy (non-hydrogen) atoms. The number of nitrogens with one attached hydrogen (secondary N) is 1. The summed E-state index contributed by atoms with van der Waals surface area (Å²) in [5.74, 6) is 0.929. The summed E-state index contributed by atoms with van der Waals surface area (Å²) in [5, 5.41) is 11.7. The summed E-state index contributed by atoms with van der Waals surface area (Å²) in [6.45, 7) is 3.62. The Kier molecular flexibility index (Phi) is 3.27. The largest absolute Gasteiger partial charge is 0.482 e. The second-order valence-corrected chi connectivity index (χ2v) is 5.61. The minimum Gasteiger partial charge on any atom is -0.482 e. The van der Waals surface area contributed by atoms with E-state index in [0.717, 1.165) is 5.01 Å². The Hall–Kier alpha value is -2.15. The highest BCUT2D eigenvalue weighted by molar-refractivity contribution is 7.15. The fraction of sp³-hybridized carbons (Fsp3) is 0.308. The molecule has 0 radical (unpaired) electrons. The van der Waals surface area contributed by atoms with Crippen LogP contribution < -0.4 is 14.8 Å². The number of nitrogens with zero attached hydrogens (tertiary/aromatic N) is 2. The lowest BCUT2D eigenvalue weighted by molar-refractivity contribution is -0.128. The number of aromatic nitrogens is 2. The van der Waals surface area contributed by atoms with Crippen LogP contribution in [0.2, 0.25) is 0 Å². The van der Waals surface area contributed by atoms with Gasteiger partial charge in [0.2, 0.25) is 11.2 Å². The fourth-order valence-electron chi connectivity index (χ4n) is 1.93. The second-order valence-electron chi connectivity index (χ2n) is 4.42. The molecule has 1 aromatic heterocycles. The number of carbonyl (C=O) groups excluding carboxylic acids is 1. The number of benzene rings is 1. The number of amides is 1. The first kappa shape index (κ1) is 12.9. The van der Waals surface area contributed by atoms with Crippen molar-refractivity contribution in [3.05, 3.63) is 29.3 Å². The lowest BCUT2D eigenvalue weighted by Gasteiger charge is -2.30. The number of hydrogen-bond acceptors (Lipinski definition) is 6. The van der Waals surface area contributed by atoms with E-state index in [1.165, 1.54) is 11.3 Å². The molecule has 7 heteroatoms. The summed E-state index contributed by atoms with van der Waals surface area (Å²) in [6, 6.07) is 7.28. The minimum absolute atomic E-state index is 0.289. The number of ether oxygens (including phenoxy) is 2. The number of fused-ring (bicyclic) bond motifs is 1. The predicted molar refractivity (Wildman–Crippen MR) is 74.2 cm³/mol. The maximum absolute atomic E-state index is 12.2. The second kappa shape index (κ2) is 5.09. The first-order valence-corrected chi connectivity index (χ1v) is 6.98. The van der Waals surface area contributed by atoms with Crippen molar-refractivity contribution < 1.29 is 14.3 Å². The summed E-state index contributed by atoms with van der Waals surface area (Å²) >= 11 is 1.32. The topological polar surface area (TPSA) is 73.3 Å². The lowest BCUT2D eigenvalue weighted by Crippen LogP contribution is -2.46. The molecule has 0 aliphatic carbocycles. The van der Waals surface area contributed by atoms with Gasteiger partial charge in [-0.1, -0.05) is 23.5 Å². The van der Waals surface area contributed by atoms with Crippen molar-refractivity contribution in [3.63, 3.8) is 0 Å². The highest BCUT2D eigenvalue weighted by atomic mass is 32.1. The molecular formula is C13H13N3O3S. The summed E-state index contributed by atoms with van der Waals surface area (Å²) in [4.78, 5) is 12.2. The van der Waals surface area contributed by atoms with Crippen LogP contribution in [-0.2, 0) is 4.79 Å². The van der Waals surface area contributed by atoms with Crippen molar-refractivity contribution in [1.29, 1.82) is 0 Å². The van der Waals surface area contributed by atoms with Crippen molar-refractivity contribution in [1.82, 2.24) is 10.2 Å². The van der Waals surface area contributed by atoms with E-state index in [4.69, 9.17) is 9.47 Å². The molecule has 2 aromatic rings. The molecule has 0 fully saturated rings. The number of para-hydroxylation sites is 2. The van der Waals surface area contributed by atoms with Gasteiger partial charge in [-0.25, -0.2) is 0 Å². The highest BCUT2D eigenvalue weighted by Crippen LogP contribution is 2.33. The van der Waals surface area contributed by atoms with Crippen molar-refractivity contribution in [2.24, 2.45) is 0 Å². The zero-order chi connectivity index (χ0) is 14.1. The van der Waals surface area contributed by atoms with E-state index in [0.29, 0.717) is 16.6 Å². The normalized spacial score (nSPS) is 20.5. The first-order valence-electron chi connectivity index (χ1n) is 6.17. The van der Waals surface area contributed by atoms with Gasteiger partial charge in [-0.15, -0.1) is 10.2 Å². The highest BCUT2D eigenvalue weighted by Gasteiger charge is 2.34. The van der Waals surface area contributed by atoms with E-state index in [1.54, 1.807) is 13.0 Å². The van der Waals surface area contributed by atoms with Crippen LogP contribution in [0.1, 0.15) is 11.9 Å². The molecular weight excluding hydrogens is 278 g/mol. The SMILES string of the molecule is Cc1nnc(NC(=O)[C@H]2Oc3ccccc3O[C@@H]2C)s1. The van der Waals surface area contributed by atoms with Crippen LogP contribution in [0.5, 0.6) is 11.5 Å². The van der Waals surface area contributed by atoms with Gasteiger partial charge in [0.1, 0.15) is 11.1 Å². The monoisotopic (exact) mass is 291 g/mol. The average molecular weight is 291 g/mol. The van der Waals surface area contributed by atoms with Gasteiger partial charge in [0.15, 0.2) is 11.5 Å². The molecule has 2 atom stereocenters. The predicted octanol–water partition coefficient (Wildman–Crippen LogP) is 2.01. The molecule has 1 amide bonds. The molecule has 0 unspecified atom stereocenters. The van der Waals surface area contributed by atoms with Gasteiger partial charge in [0.25, 0.3) is 5.91 Å². The third-order valence-electron chi connectivity index (χ3n) is 2.86.